The van der Waals surface area contributed by atoms with Crippen molar-refractivity contribution in [1.29, 1.82) is 0 Å². The molecule has 0 saturated carbocycles. The fourth-order valence-corrected chi connectivity index (χ4v) is 4.10. The second kappa shape index (κ2) is 8.28. The summed E-state index contributed by atoms with van der Waals surface area (Å²) in [5, 5.41) is 0.630. The van der Waals surface area contributed by atoms with Crippen LogP contribution in [0.2, 0.25) is 10.0 Å². The van der Waals surface area contributed by atoms with Crippen molar-refractivity contribution in [1.82, 2.24) is 4.90 Å². The summed E-state index contributed by atoms with van der Waals surface area (Å²) in [5.74, 6) is 1.56. The molecule has 1 unspecified atom stereocenters. The van der Waals surface area contributed by atoms with E-state index in [1.54, 1.807) is 26.4 Å². The standard InChI is InChI=1S/C20H21Cl2NO4/c1-25-17-7-6-12(11-18(17)26-2)16-5-4-8-23(16)20(24)13-9-14(21)19(27-3)15(22)10-13/h6-7,9-11,16H,4-5,8H2,1-3H3. The van der Waals surface area contributed by atoms with E-state index >= 15 is 0 Å². The molecule has 0 aromatic heterocycles. The molecular weight excluding hydrogens is 389 g/mol. The molecule has 1 aliphatic rings. The van der Waals surface area contributed by atoms with Gasteiger partial charge in [-0.15, -0.1) is 0 Å². The molecule has 0 N–H and O–H groups in total. The number of nitrogens with zero attached hydrogens (tertiary/aromatic N) is 1. The summed E-state index contributed by atoms with van der Waals surface area (Å²) in [6.45, 7) is 0.666. The minimum absolute atomic E-state index is 0.0445. The Morgan fingerprint density at radius 3 is 2.26 bits per heavy atom. The number of hydrogen-bond donors (Lipinski definition) is 0. The van der Waals surface area contributed by atoms with Gasteiger partial charge >= 0.3 is 0 Å². The van der Waals surface area contributed by atoms with E-state index in [0.29, 0.717) is 39.4 Å². The SMILES string of the molecule is COc1ccc(C2CCCN2C(=O)c2cc(Cl)c(OC)c(Cl)c2)cc1OC. The van der Waals surface area contributed by atoms with E-state index in [9.17, 15) is 4.79 Å². The van der Waals surface area contributed by atoms with Crippen molar-refractivity contribution < 1.29 is 19.0 Å². The first-order valence-corrected chi connectivity index (χ1v) is 9.31. The molecule has 1 aliphatic heterocycles. The van der Waals surface area contributed by atoms with E-state index in [1.807, 2.05) is 23.1 Å². The van der Waals surface area contributed by atoms with Crippen molar-refractivity contribution in [2.24, 2.45) is 0 Å². The summed E-state index contributed by atoms with van der Waals surface area (Å²) in [4.78, 5) is 15.0. The van der Waals surface area contributed by atoms with Gasteiger partial charge in [0, 0.05) is 12.1 Å². The molecule has 1 heterocycles. The van der Waals surface area contributed by atoms with Gasteiger partial charge in [0.05, 0.1) is 37.4 Å². The number of hydrogen-bond acceptors (Lipinski definition) is 4. The third-order valence-electron chi connectivity index (χ3n) is 4.76. The number of halogens is 2. The Bertz CT molecular complexity index is 833. The second-order valence-electron chi connectivity index (χ2n) is 6.24. The fraction of sp³-hybridized carbons (Fsp3) is 0.350. The second-order valence-corrected chi connectivity index (χ2v) is 7.06. The summed E-state index contributed by atoms with van der Waals surface area (Å²) in [6, 6.07) is 8.89. The Morgan fingerprint density at radius 2 is 1.67 bits per heavy atom. The molecule has 7 heteroatoms. The average Bonchev–Trinajstić information content (AvgIpc) is 3.16. The lowest BCUT2D eigenvalue weighted by molar-refractivity contribution is 0.0735. The van der Waals surface area contributed by atoms with Crippen LogP contribution in [0, 0.1) is 0 Å². The maximum atomic E-state index is 13.1. The van der Waals surface area contributed by atoms with E-state index in [4.69, 9.17) is 37.4 Å². The van der Waals surface area contributed by atoms with E-state index in [-0.39, 0.29) is 11.9 Å². The smallest absolute Gasteiger partial charge is 0.254 e. The van der Waals surface area contributed by atoms with Gasteiger partial charge in [-0.05, 0) is 42.7 Å². The van der Waals surface area contributed by atoms with E-state index in [2.05, 4.69) is 0 Å². The quantitative estimate of drug-likeness (QED) is 0.697. The number of methoxy groups -OCH3 is 3. The molecule has 1 amide bonds. The highest BCUT2D eigenvalue weighted by Crippen LogP contribution is 2.39. The highest BCUT2D eigenvalue weighted by atomic mass is 35.5. The van der Waals surface area contributed by atoms with Crippen LogP contribution in [0.15, 0.2) is 30.3 Å². The maximum Gasteiger partial charge on any atom is 0.254 e. The molecule has 0 bridgehead atoms. The van der Waals surface area contributed by atoms with Crippen LogP contribution in [0.3, 0.4) is 0 Å². The van der Waals surface area contributed by atoms with Gasteiger partial charge in [0.2, 0.25) is 0 Å². The van der Waals surface area contributed by atoms with Crippen molar-refractivity contribution >= 4 is 29.1 Å². The number of amides is 1. The predicted octanol–water partition coefficient (Wildman–Crippen LogP) is 5.00. The Balaban J connectivity index is 1.91. The number of likely N-dealkylation sites (tertiary alicyclic amines) is 1. The van der Waals surface area contributed by atoms with Gasteiger partial charge in [0.25, 0.3) is 5.91 Å². The van der Waals surface area contributed by atoms with E-state index < -0.39 is 0 Å². The third kappa shape index (κ3) is 3.80. The van der Waals surface area contributed by atoms with E-state index in [0.717, 1.165) is 18.4 Å². The molecule has 1 fully saturated rings. The molecular formula is C20H21Cl2NO4. The first kappa shape index (κ1) is 19.6. The number of benzene rings is 2. The van der Waals surface area contributed by atoms with Gasteiger partial charge in [-0.25, -0.2) is 0 Å². The van der Waals surface area contributed by atoms with Crippen LogP contribution in [0.5, 0.6) is 17.2 Å². The van der Waals surface area contributed by atoms with Crippen LogP contribution in [-0.2, 0) is 0 Å². The van der Waals surface area contributed by atoms with Gasteiger partial charge < -0.3 is 19.1 Å². The van der Waals surface area contributed by atoms with Crippen molar-refractivity contribution in [3.05, 3.63) is 51.5 Å². The van der Waals surface area contributed by atoms with Crippen molar-refractivity contribution in [3.8, 4) is 17.2 Å². The minimum atomic E-state index is -0.112. The zero-order valence-corrected chi connectivity index (χ0v) is 16.9. The van der Waals surface area contributed by atoms with Crippen LogP contribution in [-0.4, -0.2) is 38.7 Å². The molecule has 1 saturated heterocycles. The lowest BCUT2D eigenvalue weighted by atomic mass is 10.0. The van der Waals surface area contributed by atoms with Gasteiger partial charge in [0.15, 0.2) is 17.2 Å². The van der Waals surface area contributed by atoms with Crippen molar-refractivity contribution in [2.45, 2.75) is 18.9 Å². The summed E-state index contributed by atoms with van der Waals surface area (Å²) < 4.78 is 15.9. The van der Waals surface area contributed by atoms with Crippen LogP contribution < -0.4 is 14.2 Å². The molecule has 0 radical (unpaired) electrons. The van der Waals surface area contributed by atoms with Gasteiger partial charge in [-0.3, -0.25) is 4.79 Å². The molecule has 2 aromatic carbocycles. The first-order chi connectivity index (χ1) is 13.0. The molecule has 144 valence electrons. The summed E-state index contributed by atoms with van der Waals surface area (Å²) in [6.07, 6.45) is 1.79. The summed E-state index contributed by atoms with van der Waals surface area (Å²) >= 11 is 12.4. The number of ether oxygens (including phenoxy) is 3. The molecule has 3 rings (SSSR count). The average molecular weight is 410 g/mol. The first-order valence-electron chi connectivity index (χ1n) is 8.56. The van der Waals surface area contributed by atoms with Gasteiger partial charge in [-0.1, -0.05) is 29.3 Å². The Labute approximate surface area is 168 Å². The monoisotopic (exact) mass is 409 g/mol. The fourth-order valence-electron chi connectivity index (χ4n) is 3.46. The lowest BCUT2D eigenvalue weighted by Gasteiger charge is -2.26. The number of carbonyl (C=O) groups excluding carboxylic acids is 1. The Morgan fingerprint density at radius 1 is 1.00 bits per heavy atom. The van der Waals surface area contributed by atoms with E-state index in [1.165, 1.54) is 7.11 Å². The van der Waals surface area contributed by atoms with Crippen LogP contribution in [0.1, 0.15) is 34.8 Å². The molecule has 27 heavy (non-hydrogen) atoms. The molecule has 0 spiro atoms. The number of carbonyl (C=O) groups is 1. The number of rotatable bonds is 5. The Hall–Kier alpha value is -2.11. The van der Waals surface area contributed by atoms with Crippen molar-refractivity contribution in [2.75, 3.05) is 27.9 Å². The largest absolute Gasteiger partial charge is 0.494 e. The topological polar surface area (TPSA) is 48.0 Å². The van der Waals surface area contributed by atoms with Crippen LogP contribution in [0.25, 0.3) is 0 Å². The maximum absolute atomic E-state index is 13.1. The van der Waals surface area contributed by atoms with Gasteiger partial charge in [0.1, 0.15) is 0 Å². The summed E-state index contributed by atoms with van der Waals surface area (Å²) in [5.41, 5.74) is 1.45. The zero-order chi connectivity index (χ0) is 19.6. The van der Waals surface area contributed by atoms with Crippen molar-refractivity contribution in [3.63, 3.8) is 0 Å². The molecule has 1 atom stereocenters. The summed E-state index contributed by atoms with van der Waals surface area (Å²) in [7, 11) is 4.68. The predicted molar refractivity (Wildman–Crippen MR) is 106 cm³/mol. The molecule has 0 aliphatic carbocycles. The third-order valence-corrected chi connectivity index (χ3v) is 5.32. The Kier molecular flexibility index (Phi) is 6.02. The highest BCUT2D eigenvalue weighted by molar-refractivity contribution is 6.37. The van der Waals surface area contributed by atoms with Gasteiger partial charge in [-0.2, -0.15) is 0 Å². The minimum Gasteiger partial charge on any atom is -0.494 e. The molecule has 2 aromatic rings. The normalized spacial score (nSPS) is 16.3. The highest BCUT2D eigenvalue weighted by Gasteiger charge is 2.31. The van der Waals surface area contributed by atoms with Crippen LogP contribution >= 0.6 is 23.2 Å². The molecule has 5 nitrogen and oxygen atoms in total. The lowest BCUT2D eigenvalue weighted by Crippen LogP contribution is -2.30. The van der Waals surface area contributed by atoms with Crippen LogP contribution in [0.4, 0.5) is 0 Å². The zero-order valence-electron chi connectivity index (χ0n) is 15.4.